The predicted octanol–water partition coefficient (Wildman–Crippen LogP) is 3.10. The van der Waals surface area contributed by atoms with Gasteiger partial charge in [0.25, 0.3) is 5.91 Å². The first-order valence-electron chi connectivity index (χ1n) is 9.51. The Morgan fingerprint density at radius 1 is 1.19 bits per heavy atom. The standard InChI is InChI=1S/C21H22BrClN4O5/c1-3-8-24-20(29)21(30)27-25-11-13-9-14(22)19(17(10-13)31-2)32-12-18(28)26-16-7-5-4-6-15(16)23/h4-7,9-11H,3,8,12H2,1-2H3,(H,24,29)(H,26,28)(H,27,30)/b25-11-. The average Bonchev–Trinajstić information content (AvgIpc) is 2.77. The third kappa shape index (κ3) is 7.54. The van der Waals surface area contributed by atoms with Gasteiger partial charge in [0.2, 0.25) is 0 Å². The zero-order chi connectivity index (χ0) is 23.5. The number of hydrogen-bond acceptors (Lipinski definition) is 6. The van der Waals surface area contributed by atoms with Crippen molar-refractivity contribution >= 4 is 57.2 Å². The van der Waals surface area contributed by atoms with Crippen molar-refractivity contribution in [2.24, 2.45) is 5.10 Å². The second kappa shape index (κ2) is 12.7. The number of nitrogens with zero attached hydrogens (tertiary/aromatic N) is 1. The molecule has 32 heavy (non-hydrogen) atoms. The Labute approximate surface area is 198 Å². The number of amides is 3. The summed E-state index contributed by atoms with van der Waals surface area (Å²) in [7, 11) is 1.44. The van der Waals surface area contributed by atoms with Crippen LogP contribution >= 0.6 is 27.5 Å². The van der Waals surface area contributed by atoms with Crippen molar-refractivity contribution in [3.8, 4) is 11.5 Å². The lowest BCUT2D eigenvalue weighted by Gasteiger charge is -2.14. The molecular formula is C21H22BrClN4O5. The number of carbonyl (C=O) groups is 3. The predicted molar refractivity (Wildman–Crippen MR) is 125 cm³/mol. The lowest BCUT2D eigenvalue weighted by molar-refractivity contribution is -0.139. The molecule has 0 aliphatic carbocycles. The zero-order valence-electron chi connectivity index (χ0n) is 17.4. The summed E-state index contributed by atoms with van der Waals surface area (Å²) >= 11 is 9.40. The largest absolute Gasteiger partial charge is 0.493 e. The van der Waals surface area contributed by atoms with Crippen molar-refractivity contribution in [1.29, 1.82) is 0 Å². The minimum Gasteiger partial charge on any atom is -0.493 e. The van der Waals surface area contributed by atoms with Crippen LogP contribution in [0.25, 0.3) is 0 Å². The van der Waals surface area contributed by atoms with Crippen LogP contribution in [0.5, 0.6) is 11.5 Å². The number of rotatable bonds is 9. The van der Waals surface area contributed by atoms with Gasteiger partial charge in [-0.15, -0.1) is 0 Å². The first-order chi connectivity index (χ1) is 15.3. The Morgan fingerprint density at radius 3 is 2.62 bits per heavy atom. The van der Waals surface area contributed by atoms with Gasteiger partial charge in [-0.1, -0.05) is 30.7 Å². The fourth-order valence-electron chi connectivity index (χ4n) is 2.38. The summed E-state index contributed by atoms with van der Waals surface area (Å²) in [4.78, 5) is 35.4. The maximum Gasteiger partial charge on any atom is 0.329 e. The van der Waals surface area contributed by atoms with Crippen molar-refractivity contribution in [3.63, 3.8) is 0 Å². The highest BCUT2D eigenvalue weighted by atomic mass is 79.9. The van der Waals surface area contributed by atoms with Crippen LogP contribution in [0.2, 0.25) is 5.02 Å². The molecule has 0 heterocycles. The lowest BCUT2D eigenvalue weighted by Crippen LogP contribution is -2.38. The number of hydrazone groups is 1. The van der Waals surface area contributed by atoms with E-state index in [1.807, 2.05) is 6.92 Å². The van der Waals surface area contributed by atoms with Crippen molar-refractivity contribution in [3.05, 3.63) is 51.5 Å². The van der Waals surface area contributed by atoms with Crippen LogP contribution in [0.1, 0.15) is 18.9 Å². The van der Waals surface area contributed by atoms with Crippen molar-refractivity contribution < 1.29 is 23.9 Å². The fraction of sp³-hybridized carbons (Fsp3) is 0.238. The molecule has 3 N–H and O–H groups in total. The van der Waals surface area contributed by atoms with E-state index < -0.39 is 17.7 Å². The average molecular weight is 526 g/mol. The van der Waals surface area contributed by atoms with Gasteiger partial charge in [0.1, 0.15) is 0 Å². The SMILES string of the molecule is CCCNC(=O)C(=O)N/N=C\c1cc(Br)c(OCC(=O)Nc2ccccc2Cl)c(OC)c1. The van der Waals surface area contributed by atoms with Crippen LogP contribution in [0.15, 0.2) is 46.0 Å². The Morgan fingerprint density at radius 2 is 1.94 bits per heavy atom. The number of carbonyl (C=O) groups excluding carboxylic acids is 3. The smallest absolute Gasteiger partial charge is 0.329 e. The summed E-state index contributed by atoms with van der Waals surface area (Å²) in [5.74, 6) is -1.39. The van der Waals surface area contributed by atoms with Crippen molar-refractivity contribution in [1.82, 2.24) is 10.7 Å². The molecule has 0 bridgehead atoms. The van der Waals surface area contributed by atoms with Gasteiger partial charge in [-0.2, -0.15) is 5.10 Å². The molecule has 0 spiro atoms. The zero-order valence-corrected chi connectivity index (χ0v) is 19.7. The van der Waals surface area contributed by atoms with E-state index in [9.17, 15) is 14.4 Å². The first-order valence-corrected chi connectivity index (χ1v) is 10.7. The maximum absolute atomic E-state index is 12.2. The minimum atomic E-state index is -0.870. The summed E-state index contributed by atoms with van der Waals surface area (Å²) < 4.78 is 11.4. The molecule has 0 saturated carbocycles. The van der Waals surface area contributed by atoms with Gasteiger partial charge in [-0.3, -0.25) is 14.4 Å². The Hall–Kier alpha value is -3.11. The fourth-order valence-corrected chi connectivity index (χ4v) is 3.13. The molecule has 170 valence electrons. The monoisotopic (exact) mass is 524 g/mol. The minimum absolute atomic E-state index is 0.281. The van der Waals surface area contributed by atoms with E-state index in [1.165, 1.54) is 13.3 Å². The number of halogens is 2. The highest BCUT2D eigenvalue weighted by Gasteiger charge is 2.15. The van der Waals surface area contributed by atoms with Crippen LogP contribution in [-0.2, 0) is 14.4 Å². The molecule has 0 aliphatic rings. The molecule has 0 atom stereocenters. The summed E-state index contributed by atoms with van der Waals surface area (Å²) in [6.07, 6.45) is 2.05. The summed E-state index contributed by atoms with van der Waals surface area (Å²) in [5, 5.41) is 9.29. The molecule has 2 aromatic rings. The molecule has 0 fully saturated rings. The number of hydrogen-bond donors (Lipinski definition) is 3. The highest BCUT2D eigenvalue weighted by Crippen LogP contribution is 2.36. The number of ether oxygens (including phenoxy) is 2. The van der Waals surface area contributed by atoms with Gasteiger partial charge in [0.15, 0.2) is 18.1 Å². The normalized spacial score (nSPS) is 10.5. The quantitative estimate of drug-likeness (QED) is 0.264. The number of nitrogens with one attached hydrogen (secondary N) is 3. The van der Waals surface area contributed by atoms with Crippen molar-refractivity contribution in [2.45, 2.75) is 13.3 Å². The molecule has 0 aliphatic heterocycles. The molecule has 0 saturated heterocycles. The van der Waals surface area contributed by atoms with E-state index in [-0.39, 0.29) is 6.61 Å². The molecule has 3 amide bonds. The topological polar surface area (TPSA) is 118 Å². The maximum atomic E-state index is 12.2. The molecule has 2 rings (SSSR count). The van der Waals surface area contributed by atoms with Crippen molar-refractivity contribution in [2.75, 3.05) is 25.6 Å². The number of methoxy groups -OCH3 is 1. The number of para-hydroxylation sites is 1. The highest BCUT2D eigenvalue weighted by molar-refractivity contribution is 9.10. The lowest BCUT2D eigenvalue weighted by atomic mass is 10.2. The van der Waals surface area contributed by atoms with Gasteiger partial charge < -0.3 is 20.1 Å². The Balaban J connectivity index is 2.00. The third-order valence-corrected chi connectivity index (χ3v) is 4.79. The van der Waals surface area contributed by atoms with E-state index in [0.29, 0.717) is 45.2 Å². The van der Waals surface area contributed by atoms with E-state index in [2.05, 4.69) is 37.1 Å². The first kappa shape index (κ1) is 25.2. The summed E-state index contributed by atoms with van der Waals surface area (Å²) in [6, 6.07) is 10.1. The molecule has 2 aromatic carbocycles. The van der Waals surface area contributed by atoms with Gasteiger partial charge in [-0.05, 0) is 52.2 Å². The van der Waals surface area contributed by atoms with E-state index in [0.717, 1.165) is 0 Å². The molecule has 11 heteroatoms. The second-order valence-corrected chi connectivity index (χ2v) is 7.57. The van der Waals surface area contributed by atoms with Crippen LogP contribution in [0.3, 0.4) is 0 Å². The van der Waals surface area contributed by atoms with Gasteiger partial charge in [0.05, 0.1) is 28.5 Å². The summed E-state index contributed by atoms with van der Waals surface area (Å²) in [6.45, 7) is 1.99. The Bertz CT molecular complexity index is 1020. The molecule has 9 nitrogen and oxygen atoms in total. The molecular weight excluding hydrogens is 504 g/mol. The van der Waals surface area contributed by atoms with Crippen LogP contribution in [-0.4, -0.2) is 44.2 Å². The van der Waals surface area contributed by atoms with E-state index >= 15 is 0 Å². The van der Waals surface area contributed by atoms with Crippen LogP contribution in [0.4, 0.5) is 5.69 Å². The third-order valence-electron chi connectivity index (χ3n) is 3.87. The van der Waals surface area contributed by atoms with Crippen LogP contribution in [0, 0.1) is 0 Å². The summed E-state index contributed by atoms with van der Waals surface area (Å²) in [5.41, 5.74) is 3.18. The van der Waals surface area contributed by atoms with Gasteiger partial charge >= 0.3 is 11.8 Å². The molecule has 0 unspecified atom stereocenters. The van der Waals surface area contributed by atoms with Gasteiger partial charge in [0, 0.05) is 6.54 Å². The van der Waals surface area contributed by atoms with E-state index in [4.69, 9.17) is 21.1 Å². The number of benzene rings is 2. The molecule has 0 radical (unpaired) electrons. The van der Waals surface area contributed by atoms with E-state index in [1.54, 1.807) is 36.4 Å². The molecule has 0 aromatic heterocycles. The Kier molecular flexibility index (Phi) is 9.96. The number of anilines is 1. The van der Waals surface area contributed by atoms with Gasteiger partial charge in [-0.25, -0.2) is 5.43 Å². The second-order valence-electron chi connectivity index (χ2n) is 6.31. The van der Waals surface area contributed by atoms with Crippen LogP contribution < -0.4 is 25.5 Å².